The highest BCUT2D eigenvalue weighted by Gasteiger charge is 2.34. The van der Waals surface area contributed by atoms with E-state index in [0.29, 0.717) is 30.4 Å². The number of aliphatic hydroxyl groups is 1. The Bertz CT molecular complexity index is 1090. The van der Waals surface area contributed by atoms with Gasteiger partial charge in [-0.2, -0.15) is 0 Å². The first-order valence-electron chi connectivity index (χ1n) is 11.5. The van der Waals surface area contributed by atoms with E-state index in [4.69, 9.17) is 9.47 Å². The average Bonchev–Trinajstić information content (AvgIpc) is 3.57. The molecule has 1 N–H and O–H groups in total. The molecule has 2 aromatic rings. The fourth-order valence-electron chi connectivity index (χ4n) is 4.03. The molecular weight excluding hydrogens is 442 g/mol. The average molecular weight is 474 g/mol. The van der Waals surface area contributed by atoms with Crippen LogP contribution in [0.2, 0.25) is 0 Å². The summed E-state index contributed by atoms with van der Waals surface area (Å²) in [5.74, 6) is 1.52. The molecule has 1 amide bonds. The predicted octanol–water partition coefficient (Wildman–Crippen LogP) is 3.23. The molecule has 1 unspecified atom stereocenters. The predicted molar refractivity (Wildman–Crippen MR) is 127 cm³/mol. The van der Waals surface area contributed by atoms with Crippen molar-refractivity contribution in [3.8, 4) is 11.5 Å². The highest BCUT2D eigenvalue weighted by Crippen LogP contribution is 2.40. The van der Waals surface area contributed by atoms with Crippen molar-refractivity contribution in [1.29, 1.82) is 0 Å². The van der Waals surface area contributed by atoms with Gasteiger partial charge in [0.05, 0.1) is 5.75 Å². The zero-order valence-electron chi connectivity index (χ0n) is 19.1. The summed E-state index contributed by atoms with van der Waals surface area (Å²) in [7, 11) is -3.27. The fraction of sp³-hybridized carbons (Fsp3) is 0.480. The number of carbonyl (C=O) groups excluding carboxylic acids is 1. The lowest BCUT2D eigenvalue weighted by Gasteiger charge is -2.19. The number of amides is 1. The molecule has 8 heteroatoms. The quantitative estimate of drug-likeness (QED) is 0.570. The molecule has 2 aromatic carbocycles. The van der Waals surface area contributed by atoms with E-state index < -0.39 is 22.0 Å². The molecule has 1 aliphatic heterocycles. The third kappa shape index (κ3) is 5.86. The van der Waals surface area contributed by atoms with Gasteiger partial charge in [0.1, 0.15) is 24.2 Å². The minimum absolute atomic E-state index is 0.0157. The van der Waals surface area contributed by atoms with Crippen LogP contribution in [0, 0.1) is 6.92 Å². The first-order valence-corrected chi connectivity index (χ1v) is 13.3. The van der Waals surface area contributed by atoms with Crippen LogP contribution in [-0.4, -0.2) is 56.3 Å². The zero-order valence-corrected chi connectivity index (χ0v) is 19.9. The van der Waals surface area contributed by atoms with Gasteiger partial charge >= 0.3 is 0 Å². The third-order valence-corrected chi connectivity index (χ3v) is 7.92. The number of hydrogen-bond donors (Lipinski definition) is 1. The van der Waals surface area contributed by atoms with Crippen molar-refractivity contribution in [1.82, 2.24) is 0 Å². The number of aryl methyl sites for hydroxylation is 1. The summed E-state index contributed by atoms with van der Waals surface area (Å²) in [5, 5.41) is 9.95. The Morgan fingerprint density at radius 3 is 2.48 bits per heavy atom. The van der Waals surface area contributed by atoms with E-state index in [9.17, 15) is 18.3 Å². The Morgan fingerprint density at radius 1 is 1.12 bits per heavy atom. The molecule has 1 saturated carbocycles. The monoisotopic (exact) mass is 473 g/mol. The van der Waals surface area contributed by atoms with Crippen molar-refractivity contribution >= 4 is 21.4 Å². The van der Waals surface area contributed by atoms with Crippen LogP contribution in [0.3, 0.4) is 0 Å². The number of benzene rings is 2. The molecule has 178 valence electrons. The molecule has 0 radical (unpaired) electrons. The van der Waals surface area contributed by atoms with Gasteiger partial charge in [-0.25, -0.2) is 8.42 Å². The molecule has 1 saturated heterocycles. The van der Waals surface area contributed by atoms with Crippen LogP contribution in [0.1, 0.15) is 43.2 Å². The molecule has 0 aromatic heterocycles. The lowest BCUT2D eigenvalue weighted by atomic mass is 10.1. The van der Waals surface area contributed by atoms with Gasteiger partial charge in [-0.1, -0.05) is 19.1 Å². The van der Waals surface area contributed by atoms with Gasteiger partial charge in [0.2, 0.25) is 0 Å². The second kappa shape index (κ2) is 9.73. The van der Waals surface area contributed by atoms with Crippen LogP contribution in [0.25, 0.3) is 0 Å². The highest BCUT2D eigenvalue weighted by molar-refractivity contribution is 7.91. The van der Waals surface area contributed by atoms with Crippen LogP contribution in [0.5, 0.6) is 11.5 Å². The number of ether oxygens (including phenoxy) is 2. The van der Waals surface area contributed by atoms with E-state index in [1.807, 2.05) is 25.1 Å². The summed E-state index contributed by atoms with van der Waals surface area (Å²) in [6, 6.07) is 13.4. The fourth-order valence-corrected chi connectivity index (χ4v) is 4.95. The standard InChI is InChI=1S/C25H31NO6S/c1-3-33(29,30)16-21(27)15-31-23-11-8-20(14-17(23)2)26-13-12-24(25(26)28)32-22-9-6-19(7-10-22)18-4-5-18/h6-11,14,18,21,24,27H,3-5,12-13,15-16H2,1-2H3/t21-,24?/m0/s1. The number of hydrogen-bond acceptors (Lipinski definition) is 6. The van der Waals surface area contributed by atoms with Gasteiger partial charge in [-0.3, -0.25) is 4.79 Å². The molecule has 4 rings (SSSR count). The molecule has 2 atom stereocenters. The number of nitrogens with zero attached hydrogens (tertiary/aromatic N) is 1. The van der Waals surface area contributed by atoms with Crippen molar-refractivity contribution in [2.75, 3.05) is 29.6 Å². The maximum absolute atomic E-state index is 12.9. The van der Waals surface area contributed by atoms with E-state index in [1.54, 1.807) is 24.0 Å². The number of carbonyl (C=O) groups is 1. The van der Waals surface area contributed by atoms with E-state index in [-0.39, 0.29) is 24.0 Å². The molecule has 2 fully saturated rings. The second-order valence-corrected chi connectivity index (χ2v) is 11.2. The van der Waals surface area contributed by atoms with Gasteiger partial charge in [-0.15, -0.1) is 0 Å². The van der Waals surface area contributed by atoms with E-state index >= 15 is 0 Å². The van der Waals surface area contributed by atoms with Crippen molar-refractivity contribution in [2.24, 2.45) is 0 Å². The third-order valence-electron chi connectivity index (χ3n) is 6.15. The van der Waals surface area contributed by atoms with Crippen molar-refractivity contribution in [3.05, 3.63) is 53.6 Å². The van der Waals surface area contributed by atoms with Crippen molar-refractivity contribution in [2.45, 2.75) is 51.2 Å². The maximum atomic E-state index is 12.9. The van der Waals surface area contributed by atoms with Gasteiger partial charge in [0, 0.05) is 24.4 Å². The van der Waals surface area contributed by atoms with Crippen LogP contribution in [0.4, 0.5) is 5.69 Å². The number of rotatable bonds is 10. The topological polar surface area (TPSA) is 93.1 Å². The Labute approximate surface area is 195 Å². The molecule has 1 heterocycles. The van der Waals surface area contributed by atoms with Gasteiger partial charge in [0.25, 0.3) is 5.91 Å². The van der Waals surface area contributed by atoms with Crippen molar-refractivity contribution < 1.29 is 27.8 Å². The van der Waals surface area contributed by atoms with Crippen molar-refractivity contribution in [3.63, 3.8) is 0 Å². The molecule has 2 aliphatic rings. The van der Waals surface area contributed by atoms with E-state index in [2.05, 4.69) is 12.1 Å². The van der Waals surface area contributed by atoms with Crippen LogP contribution >= 0.6 is 0 Å². The Balaban J connectivity index is 1.34. The number of aliphatic hydroxyl groups excluding tert-OH is 1. The van der Waals surface area contributed by atoms with Crippen LogP contribution in [-0.2, 0) is 14.6 Å². The number of sulfone groups is 1. The summed E-state index contributed by atoms with van der Waals surface area (Å²) in [6.07, 6.45) is 1.51. The Kier molecular flexibility index (Phi) is 6.95. The maximum Gasteiger partial charge on any atom is 0.268 e. The summed E-state index contributed by atoms with van der Waals surface area (Å²) in [4.78, 5) is 14.7. The normalized spacial score (nSPS) is 19.5. The Hall–Kier alpha value is -2.58. The van der Waals surface area contributed by atoms with E-state index in [0.717, 1.165) is 11.3 Å². The molecule has 33 heavy (non-hydrogen) atoms. The van der Waals surface area contributed by atoms with E-state index in [1.165, 1.54) is 18.4 Å². The smallest absolute Gasteiger partial charge is 0.268 e. The van der Waals surface area contributed by atoms with Gasteiger partial charge in [0.15, 0.2) is 15.9 Å². The Morgan fingerprint density at radius 2 is 1.85 bits per heavy atom. The van der Waals surface area contributed by atoms with Gasteiger partial charge in [-0.05, 0) is 67.1 Å². The molecule has 7 nitrogen and oxygen atoms in total. The lowest BCUT2D eigenvalue weighted by Crippen LogP contribution is -2.32. The minimum Gasteiger partial charge on any atom is -0.491 e. The zero-order chi connectivity index (χ0) is 23.6. The lowest BCUT2D eigenvalue weighted by molar-refractivity contribution is -0.122. The summed E-state index contributed by atoms with van der Waals surface area (Å²) >= 11 is 0. The first-order chi connectivity index (χ1) is 15.8. The largest absolute Gasteiger partial charge is 0.491 e. The summed E-state index contributed by atoms with van der Waals surface area (Å²) < 4.78 is 34.9. The minimum atomic E-state index is -3.27. The summed E-state index contributed by atoms with van der Waals surface area (Å²) in [5.41, 5.74) is 2.89. The molecule has 0 bridgehead atoms. The highest BCUT2D eigenvalue weighted by atomic mass is 32.2. The SMILES string of the molecule is CCS(=O)(=O)C[C@@H](O)COc1ccc(N2CCC(Oc3ccc(C4CC4)cc3)C2=O)cc1C. The summed E-state index contributed by atoms with van der Waals surface area (Å²) in [6.45, 7) is 3.85. The molecular formula is C25H31NO6S. The second-order valence-electron chi connectivity index (χ2n) is 8.84. The molecule has 1 aliphatic carbocycles. The van der Waals surface area contributed by atoms with Crippen LogP contribution < -0.4 is 14.4 Å². The van der Waals surface area contributed by atoms with Crippen LogP contribution in [0.15, 0.2) is 42.5 Å². The number of anilines is 1. The first kappa shape index (κ1) is 23.6. The molecule has 0 spiro atoms. The van der Waals surface area contributed by atoms with Gasteiger partial charge < -0.3 is 19.5 Å².